The second kappa shape index (κ2) is 15.9. The smallest absolute Gasteiger partial charge is 0.317 e. The van der Waals surface area contributed by atoms with Gasteiger partial charge in [-0.15, -0.1) is 0 Å². The van der Waals surface area contributed by atoms with Gasteiger partial charge in [-0.2, -0.15) is 4.99 Å². The van der Waals surface area contributed by atoms with Crippen molar-refractivity contribution in [3.8, 4) is 5.75 Å². The summed E-state index contributed by atoms with van der Waals surface area (Å²) in [6.07, 6.45) is 3.98. The number of fused-ring (bicyclic) bond motifs is 1. The van der Waals surface area contributed by atoms with Crippen molar-refractivity contribution < 1.29 is 29.3 Å². The van der Waals surface area contributed by atoms with Crippen molar-refractivity contribution in [2.45, 2.75) is 45.1 Å². The molecule has 1 atom stereocenters. The number of hydrogen-bond donors (Lipinski definition) is 3. The fourth-order valence-corrected chi connectivity index (χ4v) is 4.74. The second-order valence-electron chi connectivity index (χ2n) is 10.6. The Labute approximate surface area is 257 Å². The summed E-state index contributed by atoms with van der Waals surface area (Å²) in [4.78, 5) is 26.7. The molecule has 1 unspecified atom stereocenters. The van der Waals surface area contributed by atoms with E-state index in [2.05, 4.69) is 19.1 Å². The molecule has 0 saturated carbocycles. The van der Waals surface area contributed by atoms with Crippen molar-refractivity contribution in [3.63, 3.8) is 0 Å². The van der Waals surface area contributed by atoms with Crippen LogP contribution in [0.4, 0.5) is 0 Å². The van der Waals surface area contributed by atoms with Crippen LogP contribution in [0.1, 0.15) is 55.2 Å². The molecule has 4 aromatic carbocycles. The first-order chi connectivity index (χ1) is 21.3. The first-order valence-electron chi connectivity index (χ1n) is 14.7. The molecular formula is C36H38N2O6. The third-order valence-electron chi connectivity index (χ3n) is 7.29. The second-order valence-corrected chi connectivity index (χ2v) is 10.6. The molecule has 0 saturated heterocycles. The number of nitrogens with two attached hydrogens (primary N) is 1. The quantitative estimate of drug-likeness (QED) is 0.0413. The van der Waals surface area contributed by atoms with E-state index in [1.165, 1.54) is 0 Å². The number of unbranched alkanes of at least 4 members (excludes halogenated alkanes) is 2. The van der Waals surface area contributed by atoms with Gasteiger partial charge >= 0.3 is 11.9 Å². The molecular weight excluding hydrogens is 556 g/mol. The van der Waals surface area contributed by atoms with Crippen molar-refractivity contribution in [2.24, 2.45) is 16.6 Å². The highest BCUT2D eigenvalue weighted by atomic mass is 16.5. The molecule has 4 aromatic rings. The molecule has 0 heterocycles. The number of amidine groups is 1. The molecule has 44 heavy (non-hydrogen) atoms. The number of benzene rings is 4. The number of nitrogens with zero attached hydrogens (tertiary/aromatic N) is 1. The highest BCUT2D eigenvalue weighted by Gasteiger charge is 2.24. The molecule has 0 aliphatic heterocycles. The number of carboxylic acids is 2. The van der Waals surface area contributed by atoms with Gasteiger partial charge in [0.2, 0.25) is 5.88 Å². The summed E-state index contributed by atoms with van der Waals surface area (Å²) >= 11 is 0. The van der Waals surface area contributed by atoms with Gasteiger partial charge in [0.1, 0.15) is 18.2 Å². The lowest BCUT2D eigenvalue weighted by atomic mass is 10.0. The number of carbonyl (C=O) groups is 2. The van der Waals surface area contributed by atoms with E-state index >= 15 is 0 Å². The van der Waals surface area contributed by atoms with Crippen molar-refractivity contribution in [1.82, 2.24) is 0 Å². The monoisotopic (exact) mass is 594 g/mol. The highest BCUT2D eigenvalue weighted by molar-refractivity contribution is 6.01. The molecule has 4 rings (SSSR count). The Morgan fingerprint density at radius 1 is 0.841 bits per heavy atom. The lowest BCUT2D eigenvalue weighted by Crippen LogP contribution is -2.23. The van der Waals surface area contributed by atoms with Crippen LogP contribution in [0, 0.1) is 5.92 Å². The van der Waals surface area contributed by atoms with Crippen LogP contribution in [0.5, 0.6) is 5.75 Å². The Hall–Kier alpha value is -5.11. The van der Waals surface area contributed by atoms with E-state index in [0.717, 1.165) is 33.2 Å². The minimum atomic E-state index is -1.36. The molecule has 0 aromatic heterocycles. The lowest BCUT2D eigenvalue weighted by Gasteiger charge is -2.12. The van der Waals surface area contributed by atoms with Crippen LogP contribution < -0.4 is 10.5 Å². The topological polar surface area (TPSA) is 131 Å². The van der Waals surface area contributed by atoms with E-state index in [-0.39, 0.29) is 12.3 Å². The van der Waals surface area contributed by atoms with E-state index in [1.807, 2.05) is 91.0 Å². The molecule has 8 heteroatoms. The van der Waals surface area contributed by atoms with E-state index in [0.29, 0.717) is 44.2 Å². The summed E-state index contributed by atoms with van der Waals surface area (Å²) in [5, 5.41) is 19.9. The van der Waals surface area contributed by atoms with Crippen molar-refractivity contribution in [1.29, 1.82) is 0 Å². The maximum atomic E-state index is 11.0. The Bertz CT molecular complexity index is 1590. The predicted molar refractivity (Wildman–Crippen MR) is 172 cm³/mol. The van der Waals surface area contributed by atoms with Crippen LogP contribution in [-0.4, -0.2) is 34.6 Å². The van der Waals surface area contributed by atoms with Crippen molar-refractivity contribution >= 4 is 28.5 Å². The van der Waals surface area contributed by atoms with E-state index in [4.69, 9.17) is 30.4 Å². The van der Waals surface area contributed by atoms with Gasteiger partial charge in [-0.25, -0.2) is 0 Å². The minimum Gasteiger partial charge on any atom is -0.494 e. The number of hydrogen-bond acceptors (Lipinski definition) is 5. The van der Waals surface area contributed by atoms with Crippen LogP contribution in [0.15, 0.2) is 114 Å². The summed E-state index contributed by atoms with van der Waals surface area (Å²) in [5.74, 6) is -2.37. The molecule has 228 valence electrons. The third-order valence-corrected chi connectivity index (χ3v) is 7.29. The Morgan fingerprint density at radius 2 is 1.50 bits per heavy atom. The average Bonchev–Trinajstić information content (AvgIpc) is 3.03. The van der Waals surface area contributed by atoms with E-state index < -0.39 is 17.9 Å². The number of aliphatic imine (C=N–C) groups is 1. The Balaban J connectivity index is 1.40. The number of carboxylic acid groups (broad SMARTS) is 2. The molecule has 0 spiro atoms. The third kappa shape index (κ3) is 9.46. The molecule has 0 bridgehead atoms. The van der Waals surface area contributed by atoms with Gasteiger partial charge in [0, 0.05) is 11.5 Å². The summed E-state index contributed by atoms with van der Waals surface area (Å²) in [6, 6.07) is 31.8. The van der Waals surface area contributed by atoms with E-state index in [9.17, 15) is 9.59 Å². The van der Waals surface area contributed by atoms with Crippen LogP contribution >= 0.6 is 0 Å². The van der Waals surface area contributed by atoms with Gasteiger partial charge in [0.25, 0.3) is 0 Å². The summed E-state index contributed by atoms with van der Waals surface area (Å²) in [5.41, 5.74) is 9.45. The molecule has 0 aliphatic carbocycles. The van der Waals surface area contributed by atoms with Gasteiger partial charge < -0.3 is 25.4 Å². The minimum absolute atomic E-state index is 0.0694. The normalized spacial score (nSPS) is 12.7. The molecule has 0 amide bonds. The highest BCUT2D eigenvalue weighted by Crippen LogP contribution is 2.24. The summed E-state index contributed by atoms with van der Waals surface area (Å²) in [6.45, 7) is 2.92. The standard InChI is InChI=1S/C36H38N2O6/c1-25(27-13-7-3-8-14-27)21-33(44-24-26-11-5-2-6-12-26)38-34(37)30-17-16-29-23-31(19-18-28(29)22-30)43-20-10-4-9-15-32(35(39)40)36(41)42/h2-3,5-8,11-14,16-19,21-23,25,32H,4,9-10,15,20,24H2,1H3,(H2,37,38)(H,39,40)(H,41,42)/b33-21+. The van der Waals surface area contributed by atoms with Crippen LogP contribution in [0.2, 0.25) is 0 Å². The van der Waals surface area contributed by atoms with Gasteiger partial charge in [-0.3, -0.25) is 9.59 Å². The Kier molecular flexibility index (Phi) is 11.5. The number of rotatable bonds is 16. The average molecular weight is 595 g/mol. The maximum Gasteiger partial charge on any atom is 0.317 e. The molecule has 0 radical (unpaired) electrons. The molecule has 0 fully saturated rings. The first-order valence-corrected chi connectivity index (χ1v) is 14.7. The van der Waals surface area contributed by atoms with Crippen molar-refractivity contribution in [2.75, 3.05) is 6.61 Å². The van der Waals surface area contributed by atoms with Crippen LogP contribution in [0.25, 0.3) is 10.8 Å². The predicted octanol–water partition coefficient (Wildman–Crippen LogP) is 7.13. The molecule has 0 aliphatic rings. The number of ether oxygens (including phenoxy) is 2. The van der Waals surface area contributed by atoms with E-state index in [1.54, 1.807) is 0 Å². The van der Waals surface area contributed by atoms with Gasteiger partial charge in [0.15, 0.2) is 5.92 Å². The zero-order chi connectivity index (χ0) is 31.3. The van der Waals surface area contributed by atoms with Gasteiger partial charge in [0.05, 0.1) is 6.61 Å². The van der Waals surface area contributed by atoms with Crippen molar-refractivity contribution in [3.05, 3.63) is 126 Å². The molecule has 4 N–H and O–H groups in total. The van der Waals surface area contributed by atoms with Gasteiger partial charge in [-0.1, -0.05) is 98.6 Å². The van der Waals surface area contributed by atoms with Gasteiger partial charge in [-0.05, 0) is 59.0 Å². The molecule has 8 nitrogen and oxygen atoms in total. The number of allylic oxidation sites excluding steroid dienone is 1. The zero-order valence-electron chi connectivity index (χ0n) is 24.8. The SMILES string of the molecule is CC(/C=C(\N=C(/N)c1ccc2cc(OCCCCCC(C(=O)O)C(=O)O)ccc2c1)OCc1ccccc1)c1ccccc1. The van der Waals surface area contributed by atoms with Crippen LogP contribution in [-0.2, 0) is 20.9 Å². The lowest BCUT2D eigenvalue weighted by molar-refractivity contribution is -0.154. The summed E-state index contributed by atoms with van der Waals surface area (Å²) in [7, 11) is 0. The van der Waals surface area contributed by atoms with Crippen LogP contribution in [0.3, 0.4) is 0 Å². The maximum absolute atomic E-state index is 11.0. The zero-order valence-corrected chi connectivity index (χ0v) is 24.8. The summed E-state index contributed by atoms with van der Waals surface area (Å²) < 4.78 is 12.0. The largest absolute Gasteiger partial charge is 0.494 e. The fraction of sp³-hybridized carbons (Fsp3) is 0.250. The Morgan fingerprint density at radius 3 is 2.20 bits per heavy atom. The number of aliphatic carboxylic acids is 2. The fourth-order valence-electron chi connectivity index (χ4n) is 4.74. The first kappa shape index (κ1) is 31.8.